The zero-order chi connectivity index (χ0) is 21.0. The van der Waals surface area contributed by atoms with Crippen molar-refractivity contribution in [2.45, 2.75) is 35.8 Å². The molecule has 2 aliphatic rings. The number of rotatable bonds is 4. The summed E-state index contributed by atoms with van der Waals surface area (Å²) in [5.74, 6) is 4.76. The first kappa shape index (κ1) is 22.0. The van der Waals surface area contributed by atoms with Gasteiger partial charge in [-0.1, -0.05) is 11.8 Å². The monoisotopic (exact) mass is 448 g/mol. The molecule has 0 aliphatic carbocycles. The van der Waals surface area contributed by atoms with Crippen LogP contribution in [0.5, 0.6) is 0 Å². The molecule has 2 saturated heterocycles. The molecule has 3 rings (SSSR count). The Hall–Kier alpha value is -1.67. The van der Waals surface area contributed by atoms with Crippen LogP contribution in [0.3, 0.4) is 0 Å². The summed E-state index contributed by atoms with van der Waals surface area (Å²) in [7, 11) is 0. The van der Waals surface area contributed by atoms with Gasteiger partial charge < -0.3 is 9.88 Å². The fourth-order valence-corrected chi connectivity index (χ4v) is 4.82. The highest BCUT2D eigenvalue weighted by Crippen LogP contribution is 2.41. The third kappa shape index (κ3) is 5.92. The van der Waals surface area contributed by atoms with Crippen molar-refractivity contribution in [1.82, 2.24) is 15.4 Å². The largest absolute Gasteiger partial charge is 0.324 e. The molecule has 0 bridgehead atoms. The van der Waals surface area contributed by atoms with E-state index in [-0.39, 0.29) is 22.2 Å². The van der Waals surface area contributed by atoms with Gasteiger partial charge in [-0.05, 0) is 12.8 Å². The normalized spacial score (nSPS) is 26.8. The quantitative estimate of drug-likeness (QED) is 0.485. The van der Waals surface area contributed by atoms with E-state index in [2.05, 4.69) is 28.0 Å². The van der Waals surface area contributed by atoms with E-state index in [0.717, 1.165) is 31.8 Å². The van der Waals surface area contributed by atoms with Gasteiger partial charge in [-0.2, -0.15) is 0 Å². The van der Waals surface area contributed by atoms with Gasteiger partial charge in [0, 0.05) is 37.2 Å². The molecule has 4 unspecified atom stereocenters. The standard InChI is InChI=1S/C18H20ClF3N4O2S/c19-16-11(2-1-10-3-4-23-24-7-10)5-14(29-16)17(27)25-12-6-13(20)18(28)26(8-12)9-15(21)22/h6,8,10-11,14-16,23-24H,3-5,7,9H2,(H,25,27). The van der Waals surface area contributed by atoms with Crippen LogP contribution >= 0.6 is 23.4 Å². The van der Waals surface area contributed by atoms with Gasteiger partial charge in [-0.25, -0.2) is 13.2 Å². The molecule has 0 radical (unpaired) electrons. The van der Waals surface area contributed by atoms with Crippen LogP contribution in [0.2, 0.25) is 0 Å². The van der Waals surface area contributed by atoms with Gasteiger partial charge in [0.25, 0.3) is 12.0 Å². The van der Waals surface area contributed by atoms with Gasteiger partial charge >= 0.3 is 0 Å². The number of anilines is 1. The highest BCUT2D eigenvalue weighted by atomic mass is 35.5. The molecule has 1 aromatic rings. The lowest BCUT2D eigenvalue weighted by Gasteiger charge is -2.19. The molecule has 0 saturated carbocycles. The maximum absolute atomic E-state index is 13.7. The second-order valence-electron chi connectivity index (χ2n) is 6.81. The van der Waals surface area contributed by atoms with Gasteiger partial charge in [-0.15, -0.1) is 23.4 Å². The number of nitrogens with zero attached hydrogens (tertiary/aromatic N) is 1. The van der Waals surface area contributed by atoms with E-state index in [1.54, 1.807) is 0 Å². The number of carbonyl (C=O) groups is 1. The number of thioether (sulfide) groups is 1. The number of amides is 1. The van der Waals surface area contributed by atoms with Gasteiger partial charge in [-0.3, -0.25) is 20.4 Å². The van der Waals surface area contributed by atoms with Crippen LogP contribution in [0.25, 0.3) is 0 Å². The van der Waals surface area contributed by atoms with E-state index >= 15 is 0 Å². The number of hydrogen-bond donors (Lipinski definition) is 3. The van der Waals surface area contributed by atoms with E-state index in [1.807, 2.05) is 0 Å². The van der Waals surface area contributed by atoms with Gasteiger partial charge in [0.15, 0.2) is 5.82 Å². The molecular weight excluding hydrogens is 429 g/mol. The second kappa shape index (κ2) is 9.89. The van der Waals surface area contributed by atoms with Gasteiger partial charge in [0.2, 0.25) is 5.91 Å². The minimum absolute atomic E-state index is 0.0604. The summed E-state index contributed by atoms with van der Waals surface area (Å²) in [4.78, 5) is 24.1. The SMILES string of the molecule is O=C(Nc1cc(F)c(=O)n(CC(F)F)c1)C1CC(C#CC2CCNNC2)C(Cl)S1. The summed E-state index contributed by atoms with van der Waals surface area (Å²) in [6.07, 6.45) is -0.463. The minimum atomic E-state index is -2.82. The smallest absolute Gasteiger partial charge is 0.286 e. The summed E-state index contributed by atoms with van der Waals surface area (Å²) in [6, 6.07) is 0.821. The number of aromatic nitrogens is 1. The first-order chi connectivity index (χ1) is 13.8. The Balaban J connectivity index is 1.63. The van der Waals surface area contributed by atoms with Crippen LogP contribution in [-0.4, -0.2) is 39.9 Å². The lowest BCUT2D eigenvalue weighted by Crippen LogP contribution is -2.42. The molecule has 29 heavy (non-hydrogen) atoms. The number of hydrazine groups is 1. The Morgan fingerprint density at radius 1 is 1.41 bits per heavy atom. The summed E-state index contributed by atoms with van der Waals surface area (Å²) in [5.41, 5.74) is 4.85. The third-order valence-electron chi connectivity index (χ3n) is 4.58. The van der Waals surface area contributed by atoms with Gasteiger partial charge in [0.1, 0.15) is 0 Å². The Kier molecular flexibility index (Phi) is 7.51. The number of nitrogens with one attached hydrogen (secondary N) is 3. The molecule has 2 aliphatic heterocycles. The topological polar surface area (TPSA) is 75.2 Å². The lowest BCUT2D eigenvalue weighted by molar-refractivity contribution is -0.115. The van der Waals surface area contributed by atoms with Crippen LogP contribution in [0.1, 0.15) is 12.8 Å². The Morgan fingerprint density at radius 2 is 2.21 bits per heavy atom. The Morgan fingerprint density at radius 3 is 2.90 bits per heavy atom. The third-order valence-corrected chi connectivity index (χ3v) is 6.52. The summed E-state index contributed by atoms with van der Waals surface area (Å²) in [6.45, 7) is 0.618. The molecule has 4 atom stereocenters. The van der Waals surface area contributed by atoms with Crippen LogP contribution in [0.4, 0.5) is 18.9 Å². The number of halogens is 4. The van der Waals surface area contributed by atoms with E-state index in [4.69, 9.17) is 11.6 Å². The van der Waals surface area contributed by atoms with Crippen LogP contribution in [-0.2, 0) is 11.3 Å². The average Bonchev–Trinajstić information content (AvgIpc) is 3.05. The molecule has 11 heteroatoms. The van der Waals surface area contributed by atoms with Crippen molar-refractivity contribution in [1.29, 1.82) is 0 Å². The lowest BCUT2D eigenvalue weighted by atomic mass is 10.0. The highest BCUT2D eigenvalue weighted by Gasteiger charge is 2.37. The van der Waals surface area contributed by atoms with Crippen molar-refractivity contribution in [3.8, 4) is 11.8 Å². The number of alkyl halides is 3. The number of carbonyl (C=O) groups excluding carboxylic acids is 1. The van der Waals surface area contributed by atoms with Crippen molar-refractivity contribution in [2.24, 2.45) is 11.8 Å². The second-order valence-corrected chi connectivity index (χ2v) is 8.89. The first-order valence-electron chi connectivity index (χ1n) is 9.09. The maximum atomic E-state index is 13.7. The molecular formula is C18H20ClF3N4O2S. The molecule has 3 heterocycles. The molecule has 0 aromatic carbocycles. The minimum Gasteiger partial charge on any atom is -0.324 e. The summed E-state index contributed by atoms with van der Waals surface area (Å²) >= 11 is 7.58. The van der Waals surface area contributed by atoms with Gasteiger partial charge in [0.05, 0.1) is 22.2 Å². The number of hydrogen-bond acceptors (Lipinski definition) is 5. The first-order valence-corrected chi connectivity index (χ1v) is 10.5. The van der Waals surface area contributed by atoms with Crippen molar-refractivity contribution in [3.63, 3.8) is 0 Å². The van der Waals surface area contributed by atoms with E-state index < -0.39 is 35.5 Å². The fourth-order valence-electron chi connectivity index (χ4n) is 3.09. The van der Waals surface area contributed by atoms with E-state index in [9.17, 15) is 22.8 Å². The molecule has 1 aromatic heterocycles. The predicted octanol–water partition coefficient (Wildman–Crippen LogP) is 2.00. The van der Waals surface area contributed by atoms with Crippen molar-refractivity contribution in [3.05, 3.63) is 28.4 Å². The summed E-state index contributed by atoms with van der Waals surface area (Å²) < 4.78 is 39.0. The molecule has 0 spiro atoms. The predicted molar refractivity (Wildman–Crippen MR) is 106 cm³/mol. The Bertz CT molecular complexity index is 867. The zero-order valence-corrected chi connectivity index (χ0v) is 16.8. The molecule has 2 fully saturated rings. The van der Waals surface area contributed by atoms with E-state index in [1.165, 1.54) is 11.8 Å². The van der Waals surface area contributed by atoms with Crippen molar-refractivity contribution >= 4 is 35.0 Å². The van der Waals surface area contributed by atoms with Crippen LogP contribution < -0.4 is 21.7 Å². The molecule has 6 nitrogen and oxygen atoms in total. The molecule has 158 valence electrons. The van der Waals surface area contributed by atoms with Crippen LogP contribution in [0.15, 0.2) is 17.1 Å². The van der Waals surface area contributed by atoms with E-state index in [0.29, 0.717) is 11.0 Å². The highest BCUT2D eigenvalue weighted by molar-refractivity contribution is 8.02. The van der Waals surface area contributed by atoms with Crippen molar-refractivity contribution < 1.29 is 18.0 Å². The summed E-state index contributed by atoms with van der Waals surface area (Å²) in [5, 5.41) is 1.97. The van der Waals surface area contributed by atoms with Crippen LogP contribution in [0, 0.1) is 29.5 Å². The molecule has 1 amide bonds. The molecule has 3 N–H and O–H groups in total. The average molecular weight is 449 g/mol. The fraction of sp³-hybridized carbons (Fsp3) is 0.556. The Labute approximate surface area is 174 Å². The maximum Gasteiger partial charge on any atom is 0.286 e. The number of pyridine rings is 1. The van der Waals surface area contributed by atoms with Crippen molar-refractivity contribution in [2.75, 3.05) is 18.4 Å². The zero-order valence-electron chi connectivity index (χ0n) is 15.3.